The quantitative estimate of drug-likeness (QED) is 0.889. The fraction of sp³-hybridized carbons (Fsp3) is 0.625. The summed E-state index contributed by atoms with van der Waals surface area (Å²) in [4.78, 5) is 0. The minimum absolute atomic E-state index is 0.167. The van der Waals surface area contributed by atoms with Gasteiger partial charge in [-0.3, -0.25) is 0 Å². The van der Waals surface area contributed by atoms with Gasteiger partial charge < -0.3 is 15.2 Å². The molecule has 1 aromatic carbocycles. The van der Waals surface area contributed by atoms with Crippen molar-refractivity contribution < 1.29 is 9.47 Å². The third kappa shape index (κ3) is 2.32. The molecular formula is C16H23NO2. The van der Waals surface area contributed by atoms with Gasteiger partial charge in [0.05, 0.1) is 0 Å². The Morgan fingerprint density at radius 1 is 1.05 bits per heavy atom. The maximum absolute atomic E-state index is 6.69. The summed E-state index contributed by atoms with van der Waals surface area (Å²) in [6.07, 6.45) is 6.93. The van der Waals surface area contributed by atoms with Crippen LogP contribution < -0.4 is 15.2 Å². The van der Waals surface area contributed by atoms with E-state index in [0.29, 0.717) is 13.2 Å². The number of nitrogens with two attached hydrogens (primary N) is 1. The first-order chi connectivity index (χ1) is 9.23. The van der Waals surface area contributed by atoms with Crippen molar-refractivity contribution in [3.05, 3.63) is 23.3 Å². The summed E-state index contributed by atoms with van der Waals surface area (Å²) < 4.78 is 11.4. The molecule has 0 unspecified atom stereocenters. The number of ether oxygens (including phenoxy) is 2. The van der Waals surface area contributed by atoms with Crippen molar-refractivity contribution in [2.24, 2.45) is 5.73 Å². The van der Waals surface area contributed by atoms with Crippen LogP contribution in [-0.4, -0.2) is 13.2 Å². The van der Waals surface area contributed by atoms with E-state index >= 15 is 0 Å². The van der Waals surface area contributed by atoms with Crippen molar-refractivity contribution in [3.8, 4) is 11.5 Å². The minimum Gasteiger partial charge on any atom is -0.486 e. The van der Waals surface area contributed by atoms with Crippen molar-refractivity contribution in [2.45, 2.75) is 51.0 Å². The molecule has 2 aliphatic rings. The van der Waals surface area contributed by atoms with Gasteiger partial charge in [0.1, 0.15) is 13.2 Å². The Kier molecular flexibility index (Phi) is 3.40. The van der Waals surface area contributed by atoms with Crippen LogP contribution in [0.4, 0.5) is 0 Å². The zero-order valence-corrected chi connectivity index (χ0v) is 11.7. The van der Waals surface area contributed by atoms with Crippen LogP contribution in [0.1, 0.15) is 50.2 Å². The number of fused-ring (bicyclic) bond motifs is 1. The maximum atomic E-state index is 6.69. The van der Waals surface area contributed by atoms with Crippen LogP contribution in [0.5, 0.6) is 11.5 Å². The van der Waals surface area contributed by atoms with Crippen LogP contribution in [0.25, 0.3) is 0 Å². The summed E-state index contributed by atoms with van der Waals surface area (Å²) in [6, 6.07) is 4.27. The van der Waals surface area contributed by atoms with Gasteiger partial charge >= 0.3 is 0 Å². The molecule has 1 aromatic rings. The zero-order chi connectivity index (χ0) is 13.3. The second-order valence-corrected chi connectivity index (χ2v) is 5.72. The van der Waals surface area contributed by atoms with Crippen molar-refractivity contribution >= 4 is 0 Å². The van der Waals surface area contributed by atoms with Crippen LogP contribution in [-0.2, 0) is 12.0 Å². The van der Waals surface area contributed by atoms with Gasteiger partial charge in [0.15, 0.2) is 11.5 Å². The van der Waals surface area contributed by atoms with Gasteiger partial charge in [0.25, 0.3) is 0 Å². The third-order valence-corrected chi connectivity index (χ3v) is 4.43. The summed E-state index contributed by atoms with van der Waals surface area (Å²) in [5.74, 6) is 1.75. The summed E-state index contributed by atoms with van der Waals surface area (Å²) in [6.45, 7) is 3.46. The average molecular weight is 261 g/mol. The molecule has 0 bridgehead atoms. The molecule has 104 valence electrons. The second-order valence-electron chi connectivity index (χ2n) is 5.72. The third-order valence-electron chi connectivity index (χ3n) is 4.43. The Bertz CT molecular complexity index is 464. The number of benzene rings is 1. The highest BCUT2D eigenvalue weighted by Crippen LogP contribution is 2.42. The lowest BCUT2D eigenvalue weighted by molar-refractivity contribution is 0.170. The van der Waals surface area contributed by atoms with Crippen molar-refractivity contribution in [3.63, 3.8) is 0 Å². The smallest absolute Gasteiger partial charge is 0.161 e. The van der Waals surface area contributed by atoms with Crippen LogP contribution in [0.2, 0.25) is 0 Å². The molecule has 0 saturated heterocycles. The van der Waals surface area contributed by atoms with E-state index in [2.05, 4.69) is 19.1 Å². The van der Waals surface area contributed by atoms with Crippen molar-refractivity contribution in [1.82, 2.24) is 0 Å². The first-order valence-corrected chi connectivity index (χ1v) is 7.45. The lowest BCUT2D eigenvalue weighted by atomic mass is 9.75. The Balaban J connectivity index is 2.03. The number of hydrogen-bond donors (Lipinski definition) is 1. The van der Waals surface area contributed by atoms with E-state index in [1.807, 2.05) is 0 Å². The standard InChI is InChI=1S/C16H23NO2/c1-2-12-10-14-15(19-9-8-18-14)11-13(12)16(17)6-4-3-5-7-16/h10-11H,2-9,17H2,1H3. The maximum Gasteiger partial charge on any atom is 0.161 e. The van der Waals surface area contributed by atoms with Gasteiger partial charge in [-0.1, -0.05) is 26.2 Å². The Morgan fingerprint density at radius 2 is 1.68 bits per heavy atom. The molecule has 0 radical (unpaired) electrons. The molecule has 2 N–H and O–H groups in total. The molecule has 3 heteroatoms. The SMILES string of the molecule is CCc1cc2c(cc1C1(N)CCCCC1)OCCO2. The first-order valence-electron chi connectivity index (χ1n) is 7.45. The van der Waals surface area contributed by atoms with Gasteiger partial charge in [-0.15, -0.1) is 0 Å². The molecule has 0 spiro atoms. The van der Waals surface area contributed by atoms with Crippen LogP contribution in [0.15, 0.2) is 12.1 Å². The first kappa shape index (κ1) is 12.8. The van der Waals surface area contributed by atoms with E-state index in [4.69, 9.17) is 15.2 Å². The van der Waals surface area contributed by atoms with E-state index in [0.717, 1.165) is 30.8 Å². The van der Waals surface area contributed by atoms with Gasteiger partial charge in [0, 0.05) is 5.54 Å². The summed E-state index contributed by atoms with van der Waals surface area (Å²) in [7, 11) is 0. The van der Waals surface area contributed by atoms with Crippen LogP contribution in [0, 0.1) is 0 Å². The topological polar surface area (TPSA) is 44.5 Å². The highest BCUT2D eigenvalue weighted by atomic mass is 16.6. The van der Waals surface area contributed by atoms with Crippen LogP contribution in [0.3, 0.4) is 0 Å². The van der Waals surface area contributed by atoms with Crippen LogP contribution >= 0.6 is 0 Å². The summed E-state index contributed by atoms with van der Waals surface area (Å²) in [5, 5.41) is 0. The van der Waals surface area contributed by atoms with Gasteiger partial charge in [-0.05, 0) is 42.5 Å². The molecule has 1 saturated carbocycles. The lowest BCUT2D eigenvalue weighted by Crippen LogP contribution is -2.39. The Morgan fingerprint density at radius 3 is 2.32 bits per heavy atom. The lowest BCUT2D eigenvalue weighted by Gasteiger charge is -2.36. The van der Waals surface area contributed by atoms with Crippen molar-refractivity contribution in [2.75, 3.05) is 13.2 Å². The number of rotatable bonds is 2. The second kappa shape index (κ2) is 5.04. The highest BCUT2D eigenvalue weighted by Gasteiger charge is 2.32. The highest BCUT2D eigenvalue weighted by molar-refractivity contribution is 5.50. The fourth-order valence-electron chi connectivity index (χ4n) is 3.34. The molecule has 0 atom stereocenters. The van der Waals surface area contributed by atoms with Gasteiger partial charge in [-0.2, -0.15) is 0 Å². The zero-order valence-electron chi connectivity index (χ0n) is 11.7. The monoisotopic (exact) mass is 261 g/mol. The normalized spacial score (nSPS) is 21.2. The largest absolute Gasteiger partial charge is 0.486 e. The molecule has 19 heavy (non-hydrogen) atoms. The Labute approximate surface area is 115 Å². The van der Waals surface area contributed by atoms with E-state index in [1.165, 1.54) is 30.4 Å². The van der Waals surface area contributed by atoms with E-state index in [1.54, 1.807) is 0 Å². The van der Waals surface area contributed by atoms with E-state index < -0.39 is 0 Å². The summed E-state index contributed by atoms with van der Waals surface area (Å²) >= 11 is 0. The number of hydrogen-bond acceptors (Lipinski definition) is 3. The average Bonchev–Trinajstić information content (AvgIpc) is 2.46. The molecule has 3 rings (SSSR count). The molecule has 1 aliphatic heterocycles. The minimum atomic E-state index is -0.167. The predicted octanol–water partition coefficient (Wildman–Crippen LogP) is 3.14. The van der Waals surface area contributed by atoms with E-state index in [9.17, 15) is 0 Å². The molecular weight excluding hydrogens is 238 g/mol. The molecule has 0 aromatic heterocycles. The molecule has 1 aliphatic carbocycles. The number of aryl methyl sites for hydroxylation is 1. The van der Waals surface area contributed by atoms with Gasteiger partial charge in [-0.25, -0.2) is 0 Å². The van der Waals surface area contributed by atoms with Crippen molar-refractivity contribution in [1.29, 1.82) is 0 Å². The Hall–Kier alpha value is -1.22. The fourth-order valence-corrected chi connectivity index (χ4v) is 3.34. The molecule has 0 amide bonds. The predicted molar refractivity (Wildman–Crippen MR) is 75.8 cm³/mol. The molecule has 1 fully saturated rings. The summed E-state index contributed by atoms with van der Waals surface area (Å²) in [5.41, 5.74) is 9.12. The van der Waals surface area contributed by atoms with E-state index in [-0.39, 0.29) is 5.54 Å². The molecule has 1 heterocycles. The molecule has 3 nitrogen and oxygen atoms in total. The van der Waals surface area contributed by atoms with Gasteiger partial charge in [0.2, 0.25) is 0 Å².